The molecule has 0 bridgehead atoms. The maximum absolute atomic E-state index is 10.3. The third-order valence-corrected chi connectivity index (χ3v) is 1.93. The summed E-state index contributed by atoms with van der Waals surface area (Å²) in [7, 11) is 0. The minimum atomic E-state index is -0.930. The van der Waals surface area contributed by atoms with Crippen LogP contribution in [-0.2, 0) is 4.79 Å². The molecule has 0 aliphatic carbocycles. The summed E-state index contributed by atoms with van der Waals surface area (Å²) in [6.07, 6.45) is 3.10. The average molecular weight is 174 g/mol. The number of hydrogen-bond acceptors (Lipinski definition) is 3. The maximum atomic E-state index is 10.3. The number of rotatable bonds is 6. The molecule has 4 nitrogen and oxygen atoms in total. The second kappa shape index (κ2) is 5.97. The Balaban J connectivity index is 3.37. The molecular formula is C8H18N2O2. The summed E-state index contributed by atoms with van der Waals surface area (Å²) in [5.41, 5.74) is 11.0. The van der Waals surface area contributed by atoms with Crippen LogP contribution in [0.1, 0.15) is 32.6 Å². The molecule has 0 aromatic carbocycles. The first-order valence-electron chi connectivity index (χ1n) is 4.31. The van der Waals surface area contributed by atoms with E-state index in [1.165, 1.54) is 0 Å². The number of aliphatic carboxylic acids is 1. The molecule has 0 aliphatic heterocycles. The van der Waals surface area contributed by atoms with Crippen LogP contribution in [0.15, 0.2) is 0 Å². The lowest BCUT2D eigenvalue weighted by Gasteiger charge is -2.09. The van der Waals surface area contributed by atoms with Gasteiger partial charge in [0.25, 0.3) is 0 Å². The van der Waals surface area contributed by atoms with Gasteiger partial charge in [0.15, 0.2) is 0 Å². The van der Waals surface area contributed by atoms with Crippen LogP contribution in [0.3, 0.4) is 0 Å². The summed E-state index contributed by atoms with van der Waals surface area (Å²) in [6.45, 7) is 2.02. The Labute approximate surface area is 72.9 Å². The van der Waals surface area contributed by atoms with Crippen LogP contribution in [0.25, 0.3) is 0 Å². The van der Waals surface area contributed by atoms with E-state index in [-0.39, 0.29) is 6.04 Å². The molecule has 0 heterocycles. The van der Waals surface area contributed by atoms with Gasteiger partial charge >= 0.3 is 5.97 Å². The Morgan fingerprint density at radius 1 is 1.42 bits per heavy atom. The van der Waals surface area contributed by atoms with Crippen molar-refractivity contribution in [2.75, 3.05) is 0 Å². The minimum Gasteiger partial charge on any atom is -0.480 e. The highest BCUT2D eigenvalue weighted by Gasteiger charge is 2.10. The molecule has 0 rings (SSSR count). The van der Waals surface area contributed by atoms with Gasteiger partial charge in [0.2, 0.25) is 0 Å². The Hall–Kier alpha value is -0.610. The van der Waals surface area contributed by atoms with Gasteiger partial charge in [-0.1, -0.05) is 6.92 Å². The fraction of sp³-hybridized carbons (Fsp3) is 0.875. The summed E-state index contributed by atoms with van der Waals surface area (Å²) in [4.78, 5) is 10.3. The predicted octanol–water partition coefficient (Wildman–Crippen LogP) is 0.306. The molecule has 4 heteroatoms. The molecule has 72 valence electrons. The fourth-order valence-electron chi connectivity index (χ4n) is 0.928. The van der Waals surface area contributed by atoms with Crippen molar-refractivity contribution in [3.05, 3.63) is 0 Å². The number of carbonyl (C=O) groups is 1. The molecule has 0 fully saturated rings. The van der Waals surface area contributed by atoms with Crippen LogP contribution >= 0.6 is 0 Å². The van der Waals surface area contributed by atoms with Crippen molar-refractivity contribution >= 4 is 5.97 Å². The summed E-state index contributed by atoms with van der Waals surface area (Å²) in [6, 6.07) is -0.542. The molecule has 0 aliphatic rings. The van der Waals surface area contributed by atoms with Gasteiger partial charge in [-0.15, -0.1) is 0 Å². The molecule has 2 unspecified atom stereocenters. The third-order valence-electron chi connectivity index (χ3n) is 1.93. The lowest BCUT2D eigenvalue weighted by Crippen LogP contribution is -2.30. The van der Waals surface area contributed by atoms with E-state index in [1.807, 2.05) is 6.92 Å². The van der Waals surface area contributed by atoms with Crippen LogP contribution in [-0.4, -0.2) is 23.2 Å². The van der Waals surface area contributed by atoms with E-state index in [4.69, 9.17) is 16.6 Å². The average Bonchev–Trinajstić information content (AvgIpc) is 2.03. The summed E-state index contributed by atoms with van der Waals surface area (Å²) < 4.78 is 0. The summed E-state index contributed by atoms with van der Waals surface area (Å²) in [5, 5.41) is 8.45. The zero-order valence-corrected chi connectivity index (χ0v) is 7.49. The first-order valence-corrected chi connectivity index (χ1v) is 4.31. The van der Waals surface area contributed by atoms with E-state index in [2.05, 4.69) is 0 Å². The van der Waals surface area contributed by atoms with E-state index >= 15 is 0 Å². The number of nitrogens with two attached hydrogens (primary N) is 2. The molecule has 0 radical (unpaired) electrons. The first-order chi connectivity index (χ1) is 5.57. The maximum Gasteiger partial charge on any atom is 0.320 e. The number of carboxylic acid groups (broad SMARTS) is 1. The third kappa shape index (κ3) is 5.09. The molecule has 2 atom stereocenters. The standard InChI is InChI=1S/C8H18N2O2/c1-2-6(9)4-3-5-7(10)8(11)12/h6-7H,2-5,9-10H2,1H3,(H,11,12). The summed E-state index contributed by atoms with van der Waals surface area (Å²) in [5.74, 6) is -0.930. The molecule has 0 aromatic rings. The van der Waals surface area contributed by atoms with Crippen molar-refractivity contribution in [1.29, 1.82) is 0 Å². The van der Waals surface area contributed by atoms with Crippen molar-refractivity contribution in [3.63, 3.8) is 0 Å². The van der Waals surface area contributed by atoms with Gasteiger partial charge in [-0.2, -0.15) is 0 Å². The molecule has 5 N–H and O–H groups in total. The van der Waals surface area contributed by atoms with Gasteiger partial charge in [0.05, 0.1) is 0 Å². The van der Waals surface area contributed by atoms with E-state index in [9.17, 15) is 4.79 Å². The second-order valence-electron chi connectivity index (χ2n) is 3.04. The van der Waals surface area contributed by atoms with Crippen molar-refractivity contribution in [1.82, 2.24) is 0 Å². The summed E-state index contributed by atoms with van der Waals surface area (Å²) >= 11 is 0. The van der Waals surface area contributed by atoms with Crippen LogP contribution in [0.4, 0.5) is 0 Å². The Kier molecular flexibility index (Phi) is 5.66. The van der Waals surface area contributed by atoms with Gasteiger partial charge in [-0.25, -0.2) is 0 Å². The Morgan fingerprint density at radius 3 is 2.42 bits per heavy atom. The normalized spacial score (nSPS) is 15.6. The van der Waals surface area contributed by atoms with Gasteiger partial charge < -0.3 is 16.6 Å². The zero-order valence-electron chi connectivity index (χ0n) is 7.49. The topological polar surface area (TPSA) is 89.3 Å². The van der Waals surface area contributed by atoms with Gasteiger partial charge in [0, 0.05) is 6.04 Å². The molecule has 0 saturated heterocycles. The number of carboxylic acids is 1. The Bertz CT molecular complexity index is 139. The fourth-order valence-corrected chi connectivity index (χ4v) is 0.928. The number of hydrogen-bond donors (Lipinski definition) is 3. The lowest BCUT2D eigenvalue weighted by atomic mass is 10.1. The van der Waals surface area contributed by atoms with E-state index < -0.39 is 12.0 Å². The van der Waals surface area contributed by atoms with Crippen molar-refractivity contribution in [3.8, 4) is 0 Å². The van der Waals surface area contributed by atoms with E-state index in [1.54, 1.807) is 0 Å². The highest BCUT2D eigenvalue weighted by atomic mass is 16.4. The molecule has 0 aromatic heterocycles. The van der Waals surface area contributed by atoms with Gasteiger partial charge in [-0.05, 0) is 25.7 Å². The largest absolute Gasteiger partial charge is 0.480 e. The molecular weight excluding hydrogens is 156 g/mol. The quantitative estimate of drug-likeness (QED) is 0.540. The van der Waals surface area contributed by atoms with E-state index in [0.717, 1.165) is 19.3 Å². The predicted molar refractivity (Wildman–Crippen MR) is 47.7 cm³/mol. The zero-order chi connectivity index (χ0) is 9.56. The van der Waals surface area contributed by atoms with Crippen LogP contribution in [0.5, 0.6) is 0 Å². The van der Waals surface area contributed by atoms with Crippen molar-refractivity contribution in [2.45, 2.75) is 44.7 Å². The van der Waals surface area contributed by atoms with Crippen LogP contribution in [0, 0.1) is 0 Å². The van der Waals surface area contributed by atoms with E-state index in [0.29, 0.717) is 6.42 Å². The van der Waals surface area contributed by atoms with Crippen molar-refractivity contribution < 1.29 is 9.90 Å². The molecule has 0 saturated carbocycles. The van der Waals surface area contributed by atoms with Gasteiger partial charge in [0.1, 0.15) is 6.04 Å². The molecule has 0 spiro atoms. The smallest absolute Gasteiger partial charge is 0.320 e. The van der Waals surface area contributed by atoms with Crippen LogP contribution in [0.2, 0.25) is 0 Å². The molecule has 12 heavy (non-hydrogen) atoms. The SMILES string of the molecule is CCC(N)CCCC(N)C(=O)O. The highest BCUT2D eigenvalue weighted by Crippen LogP contribution is 2.03. The van der Waals surface area contributed by atoms with Crippen LogP contribution < -0.4 is 11.5 Å². The second-order valence-corrected chi connectivity index (χ2v) is 3.04. The highest BCUT2D eigenvalue weighted by molar-refractivity contribution is 5.72. The minimum absolute atomic E-state index is 0.186. The molecule has 0 amide bonds. The first kappa shape index (κ1) is 11.4. The van der Waals surface area contributed by atoms with Gasteiger partial charge in [-0.3, -0.25) is 4.79 Å². The lowest BCUT2D eigenvalue weighted by molar-refractivity contribution is -0.138. The Morgan fingerprint density at radius 2 is 2.00 bits per heavy atom. The monoisotopic (exact) mass is 174 g/mol. The van der Waals surface area contributed by atoms with Crippen molar-refractivity contribution in [2.24, 2.45) is 11.5 Å².